The molecule has 0 fully saturated rings. The molecule has 1 aromatic carbocycles. The Balaban J connectivity index is 2.82. The number of hydrogen-bond donors (Lipinski definition) is 0. The van der Waals surface area contributed by atoms with E-state index in [0.717, 1.165) is 19.2 Å². The Morgan fingerprint density at radius 1 is 1.25 bits per heavy atom. The van der Waals surface area contributed by atoms with Gasteiger partial charge in [-0.05, 0) is 12.1 Å². The zero-order valence-corrected chi connectivity index (χ0v) is 8.83. The Morgan fingerprint density at radius 2 is 1.88 bits per heavy atom. The van der Waals surface area contributed by atoms with Crippen molar-refractivity contribution >= 4 is 27.4 Å². The van der Waals surface area contributed by atoms with Gasteiger partial charge in [0, 0.05) is 0 Å². The van der Waals surface area contributed by atoms with E-state index < -0.39 is 33.7 Å². The predicted octanol–water partition coefficient (Wildman–Crippen LogP) is 3.11. The van der Waals surface area contributed by atoms with Crippen LogP contribution in [0.5, 0.6) is 0 Å². The normalized spacial score (nSPS) is 10.8. The van der Waals surface area contributed by atoms with Crippen molar-refractivity contribution in [2.45, 2.75) is 0 Å². The van der Waals surface area contributed by atoms with Crippen molar-refractivity contribution in [1.29, 1.82) is 0 Å². The molecule has 1 aromatic heterocycles. The lowest BCUT2D eigenvalue weighted by molar-refractivity contribution is 0.0602. The summed E-state index contributed by atoms with van der Waals surface area (Å²) in [5, 5.41) is -0.509. The van der Waals surface area contributed by atoms with Crippen molar-refractivity contribution in [3.05, 3.63) is 34.5 Å². The zero-order valence-electron chi connectivity index (χ0n) is 8.01. The fourth-order valence-corrected chi connectivity index (χ4v) is 2.34. The zero-order chi connectivity index (χ0) is 11.9. The van der Waals surface area contributed by atoms with Crippen LogP contribution in [-0.2, 0) is 4.74 Å². The number of ether oxygens (including phenoxy) is 1. The molecule has 0 N–H and O–H groups in total. The van der Waals surface area contributed by atoms with E-state index in [-0.39, 0.29) is 4.70 Å². The topological polar surface area (TPSA) is 26.3 Å². The number of hydrogen-bond acceptors (Lipinski definition) is 3. The van der Waals surface area contributed by atoms with Gasteiger partial charge < -0.3 is 4.74 Å². The van der Waals surface area contributed by atoms with Crippen LogP contribution in [0.1, 0.15) is 9.67 Å². The highest BCUT2D eigenvalue weighted by Gasteiger charge is 2.23. The molecule has 0 amide bonds. The maximum absolute atomic E-state index is 13.6. The van der Waals surface area contributed by atoms with Crippen LogP contribution in [0.2, 0.25) is 0 Å². The molecule has 0 saturated carbocycles. The fraction of sp³-hybridized carbons (Fsp3) is 0.100. The van der Waals surface area contributed by atoms with Crippen LogP contribution in [0.4, 0.5) is 13.2 Å². The summed E-state index contributed by atoms with van der Waals surface area (Å²) < 4.78 is 44.2. The number of thiophene rings is 1. The molecule has 1 heterocycles. The summed E-state index contributed by atoms with van der Waals surface area (Å²) in [6, 6.07) is 1.70. The van der Waals surface area contributed by atoms with Gasteiger partial charge in [0.1, 0.15) is 16.5 Å². The number of carbonyl (C=O) groups excluding carboxylic acids is 1. The maximum atomic E-state index is 13.6. The third kappa shape index (κ3) is 1.46. The van der Waals surface area contributed by atoms with Crippen LogP contribution in [0.3, 0.4) is 0 Å². The molecule has 16 heavy (non-hydrogen) atoms. The van der Waals surface area contributed by atoms with Crippen molar-refractivity contribution in [3.8, 4) is 0 Å². The average molecular weight is 246 g/mol. The molecule has 0 spiro atoms. The van der Waals surface area contributed by atoms with E-state index in [4.69, 9.17) is 0 Å². The Morgan fingerprint density at radius 3 is 2.44 bits per heavy atom. The maximum Gasteiger partial charge on any atom is 0.351 e. The van der Waals surface area contributed by atoms with Gasteiger partial charge in [-0.3, -0.25) is 0 Å². The largest absolute Gasteiger partial charge is 0.465 e. The lowest BCUT2D eigenvalue weighted by atomic mass is 10.2. The smallest absolute Gasteiger partial charge is 0.351 e. The minimum atomic E-state index is -1.08. The number of halogens is 3. The van der Waals surface area contributed by atoms with E-state index in [1.807, 2.05) is 0 Å². The number of benzene rings is 1. The second kappa shape index (κ2) is 3.79. The molecular formula is C10H5F3O2S. The summed E-state index contributed by atoms with van der Waals surface area (Å²) in [6.07, 6.45) is 0. The van der Waals surface area contributed by atoms with Gasteiger partial charge in [-0.15, -0.1) is 11.3 Å². The summed E-state index contributed by atoms with van der Waals surface area (Å²) in [5.41, 5.74) is 0. The van der Waals surface area contributed by atoms with Crippen molar-refractivity contribution < 1.29 is 22.7 Å². The minimum Gasteiger partial charge on any atom is -0.465 e. The van der Waals surface area contributed by atoms with Gasteiger partial charge in [0.15, 0.2) is 5.82 Å². The van der Waals surface area contributed by atoms with E-state index in [1.165, 1.54) is 0 Å². The molecule has 0 atom stereocenters. The lowest BCUT2D eigenvalue weighted by Crippen LogP contribution is -2.00. The first-order valence-electron chi connectivity index (χ1n) is 4.20. The van der Waals surface area contributed by atoms with Crippen LogP contribution in [0.25, 0.3) is 10.1 Å². The summed E-state index contributed by atoms with van der Waals surface area (Å²) >= 11 is 0.533. The van der Waals surface area contributed by atoms with Crippen LogP contribution in [0, 0.1) is 17.5 Å². The van der Waals surface area contributed by atoms with Crippen molar-refractivity contribution in [2.75, 3.05) is 7.11 Å². The standard InChI is InChI=1S/C10H5F3O2S/c1-15-10(14)9-7(13)6-4(11)2-3-5(12)8(6)16-9/h2-3H,1H3. The van der Waals surface area contributed by atoms with Crippen LogP contribution < -0.4 is 0 Å². The summed E-state index contributed by atoms with van der Waals surface area (Å²) in [4.78, 5) is 10.7. The minimum absolute atomic E-state index is 0.224. The molecular weight excluding hydrogens is 241 g/mol. The quantitative estimate of drug-likeness (QED) is 0.723. The van der Waals surface area contributed by atoms with E-state index >= 15 is 0 Å². The van der Waals surface area contributed by atoms with E-state index in [1.54, 1.807) is 0 Å². The molecule has 2 nitrogen and oxygen atoms in total. The van der Waals surface area contributed by atoms with Gasteiger partial charge in [0.05, 0.1) is 17.2 Å². The molecule has 0 radical (unpaired) electrons. The molecule has 0 aliphatic carbocycles. The monoisotopic (exact) mass is 246 g/mol. The fourth-order valence-electron chi connectivity index (χ4n) is 1.32. The molecule has 0 aliphatic heterocycles. The van der Waals surface area contributed by atoms with Crippen molar-refractivity contribution in [3.63, 3.8) is 0 Å². The molecule has 0 aliphatic rings. The Kier molecular flexibility index (Phi) is 2.59. The molecule has 2 rings (SSSR count). The first-order valence-corrected chi connectivity index (χ1v) is 5.02. The number of esters is 1. The van der Waals surface area contributed by atoms with Crippen molar-refractivity contribution in [1.82, 2.24) is 0 Å². The van der Waals surface area contributed by atoms with E-state index in [2.05, 4.69) is 4.74 Å². The van der Waals surface area contributed by atoms with Gasteiger partial charge in [0.2, 0.25) is 0 Å². The molecule has 2 aromatic rings. The molecule has 0 bridgehead atoms. The molecule has 0 saturated heterocycles. The summed E-state index contributed by atoms with van der Waals surface area (Å²) in [6.45, 7) is 0. The number of carbonyl (C=O) groups is 1. The van der Waals surface area contributed by atoms with E-state index in [0.29, 0.717) is 11.3 Å². The highest BCUT2D eigenvalue weighted by atomic mass is 32.1. The highest BCUT2D eigenvalue weighted by molar-refractivity contribution is 7.20. The second-order valence-corrected chi connectivity index (χ2v) is 3.99. The molecule has 84 valence electrons. The van der Waals surface area contributed by atoms with Crippen LogP contribution in [0.15, 0.2) is 12.1 Å². The SMILES string of the molecule is COC(=O)c1sc2c(F)ccc(F)c2c1F. The lowest BCUT2D eigenvalue weighted by Gasteiger charge is -1.94. The van der Waals surface area contributed by atoms with Gasteiger partial charge in [-0.1, -0.05) is 0 Å². The summed E-state index contributed by atoms with van der Waals surface area (Å²) in [5.74, 6) is -3.70. The Bertz CT molecular complexity index is 577. The first kappa shape index (κ1) is 10.9. The van der Waals surface area contributed by atoms with Gasteiger partial charge in [-0.25, -0.2) is 18.0 Å². The Labute approximate surface area is 92.3 Å². The van der Waals surface area contributed by atoms with Crippen molar-refractivity contribution in [2.24, 2.45) is 0 Å². The number of methoxy groups -OCH3 is 1. The molecule has 0 unspecified atom stereocenters. The summed E-state index contributed by atoms with van der Waals surface area (Å²) in [7, 11) is 1.07. The predicted molar refractivity (Wildman–Crippen MR) is 53.0 cm³/mol. The third-order valence-corrected chi connectivity index (χ3v) is 3.21. The van der Waals surface area contributed by atoms with Gasteiger partial charge in [0.25, 0.3) is 0 Å². The van der Waals surface area contributed by atoms with Crippen LogP contribution >= 0.6 is 11.3 Å². The highest BCUT2D eigenvalue weighted by Crippen LogP contribution is 2.34. The van der Waals surface area contributed by atoms with Gasteiger partial charge in [-0.2, -0.15) is 0 Å². The molecule has 6 heteroatoms. The van der Waals surface area contributed by atoms with Crippen LogP contribution in [-0.4, -0.2) is 13.1 Å². The Hall–Kier alpha value is -1.56. The number of fused-ring (bicyclic) bond motifs is 1. The third-order valence-electron chi connectivity index (χ3n) is 2.05. The first-order chi connectivity index (χ1) is 7.56. The average Bonchev–Trinajstić information content (AvgIpc) is 2.62. The van der Waals surface area contributed by atoms with E-state index in [9.17, 15) is 18.0 Å². The van der Waals surface area contributed by atoms with Gasteiger partial charge >= 0.3 is 5.97 Å². The second-order valence-electron chi connectivity index (χ2n) is 2.97. The number of rotatable bonds is 1.